The van der Waals surface area contributed by atoms with Crippen molar-refractivity contribution >= 4 is 65.4 Å². The van der Waals surface area contributed by atoms with Gasteiger partial charge in [0.15, 0.2) is 0 Å². The average molecular weight is 1450 g/mol. The number of benzene rings is 3. The zero-order valence-electron chi connectivity index (χ0n) is 68.1. The van der Waals surface area contributed by atoms with Crippen molar-refractivity contribution in [2.45, 2.75) is 375 Å². The Balaban J connectivity index is 3.59. The molecule has 560 valence electrons. The fraction of sp³-hybridized carbons (Fsp3) is 0.731. The minimum atomic E-state index is -5.91. The van der Waals surface area contributed by atoms with Crippen LogP contribution in [0.15, 0.2) is 0 Å². The van der Waals surface area contributed by atoms with Crippen LogP contribution < -0.4 is 29.5 Å². The van der Waals surface area contributed by atoms with Gasteiger partial charge in [0.05, 0.1) is 52.5 Å². The Morgan fingerprint density at radius 3 is 0.551 bits per heavy atom. The lowest BCUT2D eigenvalue weighted by atomic mass is 9.70. The summed E-state index contributed by atoms with van der Waals surface area (Å²) < 4.78 is 134. The number of carbonyl (C=O) groups is 3. The van der Waals surface area contributed by atoms with Crippen molar-refractivity contribution < 1.29 is 73.4 Å². The quantitative estimate of drug-likeness (QED) is 0.0450. The topological polar surface area (TPSA) is 203 Å². The van der Waals surface area contributed by atoms with Gasteiger partial charge in [-0.1, -0.05) is 166 Å². The van der Waals surface area contributed by atoms with Gasteiger partial charge < -0.3 is 55.1 Å². The van der Waals surface area contributed by atoms with Gasteiger partial charge >= 0.3 is 30.6 Å². The largest absolute Gasteiger partial charge is 0.647 e. The molecule has 0 aliphatic carbocycles. The van der Waals surface area contributed by atoms with E-state index in [0.717, 1.165) is 18.9 Å². The molecule has 0 saturated carbocycles. The van der Waals surface area contributed by atoms with Gasteiger partial charge in [-0.05, 0) is 170 Å². The highest BCUT2D eigenvalue weighted by Gasteiger charge is 2.55. The van der Waals surface area contributed by atoms with E-state index in [-0.39, 0.29) is 69.1 Å². The van der Waals surface area contributed by atoms with Crippen LogP contribution in [0, 0.1) is 20.8 Å². The molecule has 0 aliphatic heterocycles. The van der Waals surface area contributed by atoms with Gasteiger partial charge in [-0.15, -0.1) is 0 Å². The molecule has 0 fully saturated rings. The Bertz CT molecular complexity index is 3180. The highest BCUT2D eigenvalue weighted by atomic mass is 31.2. The molecule has 3 rings (SSSR count). The molecule has 0 saturated heterocycles. The average Bonchev–Trinajstić information content (AvgIpc) is 0.715. The van der Waals surface area contributed by atoms with Crippen LogP contribution in [0.5, 0.6) is 17.2 Å². The van der Waals surface area contributed by atoms with Crippen LogP contribution in [-0.4, -0.2) is 55.5 Å². The monoisotopic (exact) mass is 1450 g/mol. The number of aldehydes is 3. The van der Waals surface area contributed by atoms with Gasteiger partial charge in [-0.3, -0.25) is 13.7 Å². The number of hydrogen-bond acceptors (Lipinski definition) is 16. The molecule has 0 bridgehead atoms. The third-order valence-corrected chi connectivity index (χ3v) is 25.3. The minimum Gasteiger partial charge on any atom is -0.385 e. The van der Waals surface area contributed by atoms with Crippen molar-refractivity contribution in [1.29, 1.82) is 0 Å². The van der Waals surface area contributed by atoms with Gasteiger partial charge in [0.1, 0.15) is 36.1 Å². The third-order valence-electron chi connectivity index (χ3n) is 16.9. The first kappa shape index (κ1) is 89.0. The predicted molar refractivity (Wildman–Crippen MR) is 405 cm³/mol. The number of phosphoric ester groups is 1. The zero-order valence-corrected chi connectivity index (χ0v) is 71.7. The van der Waals surface area contributed by atoms with Crippen molar-refractivity contribution in [2.75, 3.05) is 0 Å². The number of rotatable bonds is 30. The fourth-order valence-electron chi connectivity index (χ4n) is 14.3. The summed E-state index contributed by atoms with van der Waals surface area (Å²) in [5.74, 6) is -0.360. The molecule has 16 nitrogen and oxygen atoms in total. The lowest BCUT2D eigenvalue weighted by molar-refractivity contribution is -0.109. The summed E-state index contributed by atoms with van der Waals surface area (Å²) in [6.07, 6.45) is -1.89. The summed E-state index contributed by atoms with van der Waals surface area (Å²) in [6.45, 7) is 73.4. The maximum Gasteiger partial charge on any atom is 0.647 e. The van der Waals surface area contributed by atoms with Crippen molar-refractivity contribution in [3.8, 4) is 17.2 Å². The molecule has 0 amide bonds. The van der Waals surface area contributed by atoms with E-state index in [1.54, 1.807) is 83.1 Å². The molecule has 0 radical (unpaired) electrons. The summed E-state index contributed by atoms with van der Waals surface area (Å²) in [5.41, 5.74) is -4.39. The molecule has 0 N–H and O–H groups in total. The van der Waals surface area contributed by atoms with E-state index in [0.29, 0.717) is 50.1 Å². The summed E-state index contributed by atoms with van der Waals surface area (Å²) in [7, 11) is -19.7. The SMILES string of the molecule is Cc1c(C(C)(C)C)c(P(=O)(OC(C)C)OC(C)C)c(C(C)(C)C)c(OP(=O)(Oc2c(C(C)(C)C)c(P(=O)(OC(C)C)OC(C)C)c(C(C)(C)C)c(C)c2C(C)(C)CC=O)Oc2c(C(C)(C)C)c(P(=O)(OC(C)C)OC(C)C)c(C(C)(C)C)c(C)c2C(C)(C)CC=O)c1C(C)(C)CC=O. The van der Waals surface area contributed by atoms with Crippen molar-refractivity contribution in [3.63, 3.8) is 0 Å². The number of phosphoric acid groups is 1. The van der Waals surface area contributed by atoms with Gasteiger partial charge in [0, 0.05) is 68.9 Å². The first-order valence-corrected chi connectivity index (χ1v) is 41.3. The van der Waals surface area contributed by atoms with Gasteiger partial charge in [-0.25, -0.2) is 0 Å². The molecule has 3 aromatic carbocycles. The van der Waals surface area contributed by atoms with E-state index in [4.69, 9.17) is 40.7 Å². The fourth-order valence-corrected chi connectivity index (χ4v) is 24.2. The van der Waals surface area contributed by atoms with Crippen LogP contribution >= 0.6 is 30.6 Å². The Labute approximate surface area is 594 Å². The molecular weight excluding hydrogens is 1320 g/mol. The standard InChI is InChI=1S/C78H132O16P4/c1-46(2)86-95(82,87-47(3)4)67-58(70(16,17)18)52(13)55(76(34,35)40-43-79)64(61(67)73(25,26)27)92-98(85,93-65-56(77(36,37)41-44-80)53(14)59(71(19,20)21)68(62(65)74(28,29)30)96(83,88-48(5)6)89-49(7)8)94-66-57(78(38,39)42-45-81)54(15)60(72(22,23)24)69(63(66)75(31,32)33)97(84,90-50(9)10)91-51(11)12/h43-51H,40-42H2,1-39H3. The van der Waals surface area contributed by atoms with E-state index in [1.807, 2.05) is 187 Å². The first-order chi connectivity index (χ1) is 43.7. The summed E-state index contributed by atoms with van der Waals surface area (Å²) >= 11 is 0. The Kier molecular flexibility index (Phi) is 28.0. The summed E-state index contributed by atoms with van der Waals surface area (Å²) in [5, 5.41) is 0.476. The molecule has 98 heavy (non-hydrogen) atoms. The van der Waals surface area contributed by atoms with Crippen LogP contribution in [0.1, 0.15) is 335 Å². The van der Waals surface area contributed by atoms with E-state index in [9.17, 15) is 14.4 Å². The van der Waals surface area contributed by atoms with Crippen LogP contribution in [0.2, 0.25) is 0 Å². The van der Waals surface area contributed by atoms with Crippen LogP contribution in [0.3, 0.4) is 0 Å². The normalized spacial score (nSPS) is 14.3. The van der Waals surface area contributed by atoms with Gasteiger partial charge in [0.2, 0.25) is 0 Å². The van der Waals surface area contributed by atoms with E-state index in [2.05, 4.69) is 0 Å². The molecule has 3 aromatic rings. The highest BCUT2D eigenvalue weighted by molar-refractivity contribution is 7.63. The smallest absolute Gasteiger partial charge is 0.385 e. The zero-order chi connectivity index (χ0) is 77.0. The molecule has 0 unspecified atom stereocenters. The summed E-state index contributed by atoms with van der Waals surface area (Å²) in [4.78, 5) is 40.3. The maximum atomic E-state index is 19.1. The maximum absolute atomic E-state index is 19.1. The Morgan fingerprint density at radius 1 is 0.276 bits per heavy atom. The van der Waals surface area contributed by atoms with Crippen molar-refractivity contribution in [1.82, 2.24) is 0 Å². The second-order valence-electron chi connectivity index (χ2n) is 36.7. The predicted octanol–water partition coefficient (Wildman–Crippen LogP) is 21.6. The van der Waals surface area contributed by atoms with Crippen LogP contribution in [-0.2, 0) is 109 Å². The van der Waals surface area contributed by atoms with Crippen LogP contribution in [0.25, 0.3) is 0 Å². The molecule has 0 aromatic heterocycles. The number of carbonyl (C=O) groups excluding carboxylic acids is 3. The van der Waals surface area contributed by atoms with Crippen molar-refractivity contribution in [2.24, 2.45) is 0 Å². The Hall–Kier alpha value is -3.25. The number of hydrogen-bond donors (Lipinski definition) is 0. The lowest BCUT2D eigenvalue weighted by Crippen LogP contribution is -2.39. The van der Waals surface area contributed by atoms with E-state index >= 15 is 18.3 Å². The molecule has 0 heterocycles. The molecular formula is C78H132O16P4. The third kappa shape index (κ3) is 20.0. The lowest BCUT2D eigenvalue weighted by Gasteiger charge is -2.43. The van der Waals surface area contributed by atoms with Crippen LogP contribution in [0.4, 0.5) is 0 Å². The van der Waals surface area contributed by atoms with E-state index < -0.39 is 116 Å². The highest BCUT2D eigenvalue weighted by Crippen LogP contribution is 2.66. The molecule has 0 atom stereocenters. The second kappa shape index (κ2) is 30.8. The van der Waals surface area contributed by atoms with Gasteiger partial charge in [0.25, 0.3) is 0 Å². The van der Waals surface area contributed by atoms with Crippen molar-refractivity contribution in [3.05, 3.63) is 66.8 Å². The Morgan fingerprint density at radius 2 is 0.429 bits per heavy atom. The molecule has 0 aliphatic rings. The van der Waals surface area contributed by atoms with E-state index in [1.165, 1.54) is 0 Å². The molecule has 0 spiro atoms. The minimum absolute atomic E-state index is 0.0998. The van der Waals surface area contributed by atoms with Gasteiger partial charge in [-0.2, -0.15) is 4.57 Å². The summed E-state index contributed by atoms with van der Waals surface area (Å²) in [6, 6.07) is 0. The molecule has 20 heteroatoms. The second-order valence-corrected chi connectivity index (χ2v) is 43.7. The first-order valence-electron chi connectivity index (χ1n) is 35.2.